The van der Waals surface area contributed by atoms with Crippen molar-refractivity contribution in [3.05, 3.63) is 24.8 Å². The lowest BCUT2D eigenvalue weighted by Gasteiger charge is -2.59. The largest absolute Gasteiger partial charge is 0.381 e. The molecular formula is C17H24O4. The summed E-state index contributed by atoms with van der Waals surface area (Å²) >= 11 is 0. The van der Waals surface area contributed by atoms with Gasteiger partial charge in [0.05, 0.1) is 19.3 Å². The predicted molar refractivity (Wildman–Crippen MR) is 77.4 cm³/mol. The van der Waals surface area contributed by atoms with Gasteiger partial charge in [-0.15, -0.1) is 6.58 Å². The highest BCUT2D eigenvalue weighted by molar-refractivity contribution is 5.26. The van der Waals surface area contributed by atoms with Gasteiger partial charge in [-0.2, -0.15) is 0 Å². The van der Waals surface area contributed by atoms with E-state index in [0.717, 1.165) is 13.2 Å². The van der Waals surface area contributed by atoms with E-state index >= 15 is 0 Å². The van der Waals surface area contributed by atoms with Crippen LogP contribution in [0.25, 0.3) is 0 Å². The summed E-state index contributed by atoms with van der Waals surface area (Å²) in [5.41, 5.74) is -0.0894. The molecule has 3 saturated heterocycles. The molecule has 0 aromatic heterocycles. The molecule has 4 heteroatoms. The van der Waals surface area contributed by atoms with E-state index in [2.05, 4.69) is 25.7 Å². The quantitative estimate of drug-likeness (QED) is 0.733. The van der Waals surface area contributed by atoms with Crippen molar-refractivity contribution >= 4 is 0 Å². The molecule has 0 bridgehead atoms. The van der Waals surface area contributed by atoms with Crippen molar-refractivity contribution in [3.8, 4) is 0 Å². The molecule has 4 fully saturated rings. The van der Waals surface area contributed by atoms with E-state index < -0.39 is 5.79 Å². The second-order valence-corrected chi connectivity index (χ2v) is 7.08. The Labute approximate surface area is 126 Å². The van der Waals surface area contributed by atoms with Crippen molar-refractivity contribution in [1.29, 1.82) is 0 Å². The summed E-state index contributed by atoms with van der Waals surface area (Å²) in [6, 6.07) is 0. The normalized spacial score (nSPS) is 53.9. The minimum absolute atomic E-state index is 0.0345. The van der Waals surface area contributed by atoms with Crippen LogP contribution in [0.2, 0.25) is 0 Å². The van der Waals surface area contributed by atoms with Crippen molar-refractivity contribution < 1.29 is 18.9 Å². The van der Waals surface area contributed by atoms with Crippen molar-refractivity contribution in [2.75, 3.05) is 13.2 Å². The van der Waals surface area contributed by atoms with Crippen LogP contribution in [0, 0.1) is 23.2 Å². The Bertz CT molecular complexity index is 485. The monoisotopic (exact) mass is 292 g/mol. The van der Waals surface area contributed by atoms with Gasteiger partial charge in [-0.3, -0.25) is 0 Å². The van der Waals surface area contributed by atoms with Gasteiger partial charge in [-0.1, -0.05) is 18.2 Å². The molecule has 7 atom stereocenters. The topological polar surface area (TPSA) is 36.9 Å². The van der Waals surface area contributed by atoms with E-state index in [4.69, 9.17) is 18.9 Å². The molecule has 0 amide bonds. The summed E-state index contributed by atoms with van der Waals surface area (Å²) in [6.07, 6.45) is 5.98. The first-order chi connectivity index (χ1) is 10.0. The number of ether oxygens (including phenoxy) is 4. The molecule has 0 aromatic carbocycles. The maximum absolute atomic E-state index is 6.26. The zero-order valence-electron chi connectivity index (χ0n) is 13.0. The fourth-order valence-corrected chi connectivity index (χ4v) is 5.11. The van der Waals surface area contributed by atoms with Crippen molar-refractivity contribution in [3.63, 3.8) is 0 Å². The minimum Gasteiger partial charge on any atom is -0.381 e. The summed E-state index contributed by atoms with van der Waals surface area (Å²) in [7, 11) is 0. The number of rotatable bonds is 2. The summed E-state index contributed by atoms with van der Waals surface area (Å²) in [6.45, 7) is 11.6. The standard InChI is InChI=1S/C17H24O4/c1-5-7-11-10-8-18-9-12(10)17(11)13(6-2)19-15-14(17)20-16(3,4)21-15/h5-7,10-15H,2,8-9H2,1,3-4H3/b7-5+/t10-,11-,12-,13+,14-,15+,17+/m0/s1. The van der Waals surface area contributed by atoms with E-state index in [-0.39, 0.29) is 23.9 Å². The highest BCUT2D eigenvalue weighted by Gasteiger charge is 2.76. The molecule has 4 aliphatic rings. The Kier molecular flexibility index (Phi) is 2.93. The Hall–Kier alpha value is -0.680. The van der Waals surface area contributed by atoms with Gasteiger partial charge in [0.1, 0.15) is 6.10 Å². The van der Waals surface area contributed by atoms with Gasteiger partial charge in [0, 0.05) is 5.41 Å². The van der Waals surface area contributed by atoms with Crippen LogP contribution in [0.4, 0.5) is 0 Å². The third-order valence-electron chi connectivity index (χ3n) is 5.74. The second kappa shape index (κ2) is 4.42. The lowest BCUT2D eigenvalue weighted by atomic mass is 9.44. The maximum atomic E-state index is 6.26. The summed E-state index contributed by atoms with van der Waals surface area (Å²) in [5.74, 6) is 0.859. The number of hydrogen-bond acceptors (Lipinski definition) is 4. The van der Waals surface area contributed by atoms with Crippen LogP contribution >= 0.6 is 0 Å². The zero-order chi connectivity index (χ0) is 14.8. The Morgan fingerprint density at radius 2 is 2.00 bits per heavy atom. The highest BCUT2D eigenvalue weighted by Crippen LogP contribution is 2.69. The fraction of sp³-hybridized carbons (Fsp3) is 0.765. The van der Waals surface area contributed by atoms with Crippen molar-refractivity contribution in [2.45, 2.75) is 45.1 Å². The van der Waals surface area contributed by atoms with Gasteiger partial charge >= 0.3 is 0 Å². The molecule has 21 heavy (non-hydrogen) atoms. The van der Waals surface area contributed by atoms with E-state index in [9.17, 15) is 0 Å². The molecule has 0 aromatic rings. The van der Waals surface area contributed by atoms with E-state index in [1.54, 1.807) is 0 Å². The molecular weight excluding hydrogens is 268 g/mol. The predicted octanol–water partition coefficient (Wildman–Crippen LogP) is 2.50. The zero-order valence-corrected chi connectivity index (χ0v) is 13.0. The first kappa shape index (κ1) is 13.9. The van der Waals surface area contributed by atoms with Gasteiger partial charge in [0.25, 0.3) is 0 Å². The van der Waals surface area contributed by atoms with Crippen LogP contribution in [0.1, 0.15) is 20.8 Å². The average Bonchev–Trinajstić information content (AvgIpc) is 3.05. The van der Waals surface area contributed by atoms with E-state index in [1.165, 1.54) is 0 Å². The van der Waals surface area contributed by atoms with Gasteiger partial charge in [-0.05, 0) is 38.5 Å². The van der Waals surface area contributed by atoms with Gasteiger partial charge in [-0.25, -0.2) is 0 Å². The fourth-order valence-electron chi connectivity index (χ4n) is 5.11. The van der Waals surface area contributed by atoms with Gasteiger partial charge in [0.2, 0.25) is 0 Å². The molecule has 1 spiro atoms. The minimum atomic E-state index is -0.584. The van der Waals surface area contributed by atoms with E-state index in [0.29, 0.717) is 17.8 Å². The van der Waals surface area contributed by atoms with Crippen molar-refractivity contribution in [1.82, 2.24) is 0 Å². The summed E-state index contributed by atoms with van der Waals surface area (Å²) in [5, 5.41) is 0. The Morgan fingerprint density at radius 3 is 2.71 bits per heavy atom. The summed E-state index contributed by atoms with van der Waals surface area (Å²) in [4.78, 5) is 0. The van der Waals surface area contributed by atoms with Gasteiger partial charge in [0.15, 0.2) is 12.1 Å². The van der Waals surface area contributed by atoms with E-state index in [1.807, 2.05) is 19.9 Å². The molecule has 0 N–H and O–H groups in total. The van der Waals surface area contributed by atoms with Crippen LogP contribution in [0.15, 0.2) is 24.8 Å². The first-order valence-electron chi connectivity index (χ1n) is 7.89. The first-order valence-corrected chi connectivity index (χ1v) is 7.89. The highest BCUT2D eigenvalue weighted by atomic mass is 16.8. The molecule has 116 valence electrons. The number of hydrogen-bond donors (Lipinski definition) is 0. The molecule has 0 radical (unpaired) electrons. The molecule has 4 rings (SSSR count). The SMILES string of the molecule is C=C[C@H]1O[C@@H]2OC(C)(C)O[C@@H]2[C@@]12[C@@H](/C=C/C)[C@@H]1COC[C@@H]12. The molecule has 1 aliphatic carbocycles. The Balaban J connectivity index is 1.77. The van der Waals surface area contributed by atoms with Crippen LogP contribution in [-0.2, 0) is 18.9 Å². The third-order valence-corrected chi connectivity index (χ3v) is 5.74. The van der Waals surface area contributed by atoms with Crippen LogP contribution in [-0.4, -0.2) is 37.5 Å². The van der Waals surface area contributed by atoms with Crippen molar-refractivity contribution in [2.24, 2.45) is 23.2 Å². The Morgan fingerprint density at radius 1 is 1.19 bits per heavy atom. The number of allylic oxidation sites excluding steroid dienone is 2. The molecule has 1 saturated carbocycles. The molecule has 4 nitrogen and oxygen atoms in total. The summed E-state index contributed by atoms with van der Waals surface area (Å²) < 4.78 is 24.1. The maximum Gasteiger partial charge on any atom is 0.188 e. The van der Waals surface area contributed by atoms with Crippen LogP contribution < -0.4 is 0 Å². The molecule has 3 aliphatic heterocycles. The lowest BCUT2D eigenvalue weighted by molar-refractivity contribution is -0.240. The smallest absolute Gasteiger partial charge is 0.188 e. The lowest BCUT2D eigenvalue weighted by Crippen LogP contribution is -2.64. The average molecular weight is 292 g/mol. The molecule has 0 unspecified atom stereocenters. The second-order valence-electron chi connectivity index (χ2n) is 7.08. The number of fused-ring (bicyclic) bond motifs is 4. The third kappa shape index (κ3) is 1.59. The van der Waals surface area contributed by atoms with Crippen LogP contribution in [0.3, 0.4) is 0 Å². The van der Waals surface area contributed by atoms with Crippen LogP contribution in [0.5, 0.6) is 0 Å². The van der Waals surface area contributed by atoms with Gasteiger partial charge < -0.3 is 18.9 Å². The molecule has 3 heterocycles.